The fourth-order valence-electron chi connectivity index (χ4n) is 4.39. The predicted molar refractivity (Wildman–Crippen MR) is 104 cm³/mol. The number of nitrogens with one attached hydrogen (secondary N) is 1. The molecule has 1 saturated carbocycles. The SMILES string of the molecule is Cc1cc(-c2ccccc2F)cc2nc(C3=NOC4(CCCCC4)C3)[nH]c12. The molecule has 1 spiro atoms. The third-order valence-corrected chi connectivity index (χ3v) is 5.85. The molecule has 5 heteroatoms. The van der Waals surface area contributed by atoms with Crippen molar-refractivity contribution in [3.63, 3.8) is 0 Å². The van der Waals surface area contributed by atoms with Gasteiger partial charge in [-0.2, -0.15) is 0 Å². The number of fused-ring (bicyclic) bond motifs is 1. The highest BCUT2D eigenvalue weighted by atomic mass is 19.1. The Morgan fingerprint density at radius 1 is 1.11 bits per heavy atom. The second kappa shape index (κ2) is 6.19. The van der Waals surface area contributed by atoms with Crippen molar-refractivity contribution >= 4 is 16.7 Å². The highest BCUT2D eigenvalue weighted by Crippen LogP contribution is 2.39. The predicted octanol–water partition coefficient (Wildman–Crippen LogP) is 5.50. The van der Waals surface area contributed by atoms with E-state index >= 15 is 0 Å². The third kappa shape index (κ3) is 2.82. The molecule has 1 N–H and O–H groups in total. The first kappa shape index (κ1) is 16.5. The van der Waals surface area contributed by atoms with Crippen LogP contribution >= 0.6 is 0 Å². The van der Waals surface area contributed by atoms with E-state index in [4.69, 9.17) is 9.82 Å². The Morgan fingerprint density at radius 2 is 1.93 bits per heavy atom. The van der Waals surface area contributed by atoms with Gasteiger partial charge in [-0.3, -0.25) is 0 Å². The molecule has 3 aromatic rings. The molecule has 1 aliphatic carbocycles. The molecule has 4 nitrogen and oxygen atoms in total. The minimum Gasteiger partial charge on any atom is -0.388 e. The number of hydrogen-bond donors (Lipinski definition) is 1. The van der Waals surface area contributed by atoms with Gasteiger partial charge in [-0.15, -0.1) is 0 Å². The molecule has 0 bridgehead atoms. The summed E-state index contributed by atoms with van der Waals surface area (Å²) in [5.41, 5.74) is 5.03. The van der Waals surface area contributed by atoms with E-state index in [0.29, 0.717) is 5.56 Å². The Bertz CT molecular complexity index is 1050. The molecular weight excluding hydrogens is 341 g/mol. The molecule has 0 amide bonds. The van der Waals surface area contributed by atoms with Gasteiger partial charge in [0.25, 0.3) is 0 Å². The molecule has 1 aliphatic heterocycles. The minimum atomic E-state index is -0.222. The lowest BCUT2D eigenvalue weighted by Gasteiger charge is -2.30. The van der Waals surface area contributed by atoms with Gasteiger partial charge in [-0.25, -0.2) is 9.37 Å². The lowest BCUT2D eigenvalue weighted by atomic mass is 9.81. The zero-order valence-electron chi connectivity index (χ0n) is 15.4. The Labute approximate surface area is 157 Å². The van der Waals surface area contributed by atoms with E-state index < -0.39 is 0 Å². The van der Waals surface area contributed by atoms with Crippen molar-refractivity contribution in [3.05, 3.63) is 53.6 Å². The molecule has 5 rings (SSSR count). The van der Waals surface area contributed by atoms with E-state index in [1.165, 1.54) is 25.3 Å². The van der Waals surface area contributed by atoms with E-state index in [0.717, 1.165) is 53.0 Å². The number of imidazole rings is 1. The topological polar surface area (TPSA) is 50.3 Å². The van der Waals surface area contributed by atoms with Crippen molar-refractivity contribution in [1.29, 1.82) is 0 Å². The van der Waals surface area contributed by atoms with E-state index in [2.05, 4.69) is 10.1 Å². The molecule has 1 fully saturated rings. The molecule has 0 unspecified atom stereocenters. The van der Waals surface area contributed by atoms with Crippen LogP contribution in [0.15, 0.2) is 41.6 Å². The summed E-state index contributed by atoms with van der Waals surface area (Å²) in [6, 6.07) is 10.8. The van der Waals surface area contributed by atoms with Gasteiger partial charge in [-0.1, -0.05) is 29.8 Å². The van der Waals surface area contributed by atoms with Gasteiger partial charge >= 0.3 is 0 Å². The summed E-state index contributed by atoms with van der Waals surface area (Å²) in [5.74, 6) is 0.543. The summed E-state index contributed by atoms with van der Waals surface area (Å²) in [7, 11) is 0. The summed E-state index contributed by atoms with van der Waals surface area (Å²) in [6.45, 7) is 2.02. The number of nitrogens with zero attached hydrogens (tertiary/aromatic N) is 2. The first-order valence-electron chi connectivity index (χ1n) is 9.64. The van der Waals surface area contributed by atoms with Gasteiger partial charge in [0, 0.05) is 12.0 Å². The lowest BCUT2D eigenvalue weighted by molar-refractivity contribution is -0.0449. The van der Waals surface area contributed by atoms with Crippen LogP contribution in [0.5, 0.6) is 0 Å². The molecule has 2 aromatic carbocycles. The van der Waals surface area contributed by atoms with E-state index in [1.807, 2.05) is 25.1 Å². The summed E-state index contributed by atoms with van der Waals surface area (Å²) < 4.78 is 14.2. The Hall–Kier alpha value is -2.69. The van der Waals surface area contributed by atoms with Crippen molar-refractivity contribution in [2.24, 2.45) is 5.16 Å². The number of aromatic amines is 1. The van der Waals surface area contributed by atoms with Crippen LogP contribution in [0.4, 0.5) is 4.39 Å². The number of rotatable bonds is 2. The molecule has 27 heavy (non-hydrogen) atoms. The molecule has 1 aromatic heterocycles. The maximum Gasteiger partial charge on any atom is 0.156 e. The van der Waals surface area contributed by atoms with E-state index in [9.17, 15) is 4.39 Å². The van der Waals surface area contributed by atoms with Crippen LogP contribution < -0.4 is 0 Å². The molecule has 0 radical (unpaired) electrons. The normalized spacial score (nSPS) is 18.7. The standard InChI is InChI=1S/C22H22FN3O/c1-14-11-15(16-7-3-4-8-17(16)23)12-18-20(14)25-21(24-18)19-13-22(27-26-19)9-5-2-6-10-22/h3-4,7-8,11-12H,2,5-6,9-10,13H2,1H3,(H,24,25). The van der Waals surface area contributed by atoms with Crippen LogP contribution in [0.1, 0.15) is 49.9 Å². The first-order chi connectivity index (χ1) is 13.1. The Balaban J connectivity index is 1.51. The number of halogens is 1. The number of benzene rings is 2. The van der Waals surface area contributed by atoms with Gasteiger partial charge in [0.2, 0.25) is 0 Å². The quantitative estimate of drug-likeness (QED) is 0.653. The Kier molecular flexibility index (Phi) is 3.78. The zero-order chi connectivity index (χ0) is 18.4. The highest BCUT2D eigenvalue weighted by molar-refractivity contribution is 6.01. The molecule has 2 aliphatic rings. The van der Waals surface area contributed by atoms with Crippen molar-refractivity contribution in [2.75, 3.05) is 0 Å². The van der Waals surface area contributed by atoms with Crippen LogP contribution in [0, 0.1) is 12.7 Å². The number of hydrogen-bond acceptors (Lipinski definition) is 3. The monoisotopic (exact) mass is 363 g/mol. The summed E-state index contributed by atoms with van der Waals surface area (Å²) in [6.07, 6.45) is 6.63. The van der Waals surface area contributed by atoms with E-state index in [-0.39, 0.29) is 11.4 Å². The Morgan fingerprint density at radius 3 is 2.74 bits per heavy atom. The third-order valence-electron chi connectivity index (χ3n) is 5.85. The van der Waals surface area contributed by atoms with Gasteiger partial charge in [-0.05, 0) is 61.9 Å². The maximum atomic E-state index is 14.2. The number of aromatic nitrogens is 2. The van der Waals surface area contributed by atoms with Crippen molar-refractivity contribution in [2.45, 2.75) is 51.0 Å². The van der Waals surface area contributed by atoms with Crippen molar-refractivity contribution in [3.8, 4) is 11.1 Å². The fraction of sp³-hybridized carbons (Fsp3) is 0.364. The minimum absolute atomic E-state index is 0.125. The van der Waals surface area contributed by atoms with Crippen LogP contribution in [-0.4, -0.2) is 21.3 Å². The summed E-state index contributed by atoms with van der Waals surface area (Å²) in [4.78, 5) is 14.0. The van der Waals surface area contributed by atoms with Crippen LogP contribution in [0.2, 0.25) is 0 Å². The summed E-state index contributed by atoms with van der Waals surface area (Å²) in [5, 5.41) is 4.37. The molecule has 2 heterocycles. The van der Waals surface area contributed by atoms with E-state index in [1.54, 1.807) is 12.1 Å². The van der Waals surface area contributed by atoms with Crippen LogP contribution in [-0.2, 0) is 4.84 Å². The lowest BCUT2D eigenvalue weighted by Crippen LogP contribution is -2.31. The average molecular weight is 363 g/mol. The first-order valence-corrected chi connectivity index (χ1v) is 9.64. The van der Waals surface area contributed by atoms with Gasteiger partial charge in [0.1, 0.15) is 17.1 Å². The fourth-order valence-corrected chi connectivity index (χ4v) is 4.39. The smallest absolute Gasteiger partial charge is 0.156 e. The van der Waals surface area contributed by atoms with Crippen molar-refractivity contribution < 1.29 is 9.23 Å². The van der Waals surface area contributed by atoms with Gasteiger partial charge in [0.15, 0.2) is 5.82 Å². The van der Waals surface area contributed by atoms with Gasteiger partial charge < -0.3 is 9.82 Å². The highest BCUT2D eigenvalue weighted by Gasteiger charge is 2.41. The molecule has 0 saturated heterocycles. The number of H-pyrrole nitrogens is 1. The van der Waals surface area contributed by atoms with Crippen LogP contribution in [0.25, 0.3) is 22.2 Å². The second-order valence-corrected chi connectivity index (χ2v) is 7.80. The van der Waals surface area contributed by atoms with Crippen molar-refractivity contribution in [1.82, 2.24) is 9.97 Å². The average Bonchev–Trinajstić information content (AvgIpc) is 3.28. The molecule has 138 valence electrons. The van der Waals surface area contributed by atoms with Crippen LogP contribution in [0.3, 0.4) is 0 Å². The maximum absolute atomic E-state index is 14.2. The molecular formula is C22H22FN3O. The van der Waals surface area contributed by atoms with Gasteiger partial charge in [0.05, 0.1) is 11.0 Å². The summed E-state index contributed by atoms with van der Waals surface area (Å²) >= 11 is 0. The number of aryl methyl sites for hydroxylation is 1. The largest absolute Gasteiger partial charge is 0.388 e. The number of oxime groups is 1. The second-order valence-electron chi connectivity index (χ2n) is 7.80. The molecule has 0 atom stereocenters. The zero-order valence-corrected chi connectivity index (χ0v) is 15.4.